The highest BCUT2D eigenvalue weighted by Crippen LogP contribution is 2.17. The molecule has 4 nitrogen and oxygen atoms in total. The highest BCUT2D eigenvalue weighted by atomic mass is 16.5. The number of rotatable bonds is 5. The summed E-state index contributed by atoms with van der Waals surface area (Å²) in [5, 5.41) is 19.4. The van der Waals surface area contributed by atoms with Crippen molar-refractivity contribution in [2.45, 2.75) is 6.61 Å². The largest absolute Gasteiger partial charge is 0.544 e. The van der Waals surface area contributed by atoms with Gasteiger partial charge in [0.25, 0.3) is 0 Å². The molecule has 0 saturated carbocycles. The molecule has 0 heterocycles. The fourth-order valence-corrected chi connectivity index (χ4v) is 1.74. The van der Waals surface area contributed by atoms with E-state index in [0.29, 0.717) is 17.9 Å². The molecular formula is C17H12NO3-. The molecule has 0 spiro atoms. The van der Waals surface area contributed by atoms with Crippen molar-refractivity contribution in [2.24, 2.45) is 0 Å². The Labute approximate surface area is 122 Å². The molecule has 0 radical (unpaired) electrons. The first kappa shape index (κ1) is 14.4. The third-order valence-electron chi connectivity index (χ3n) is 2.76. The summed E-state index contributed by atoms with van der Waals surface area (Å²) in [5.74, 6) is -0.892. The summed E-state index contributed by atoms with van der Waals surface area (Å²) >= 11 is 0. The molecule has 0 amide bonds. The second-order valence-electron chi connectivity index (χ2n) is 4.30. The number of carboxylic acids is 1. The lowest BCUT2D eigenvalue weighted by Crippen LogP contribution is -2.23. The quantitative estimate of drug-likeness (QED) is 0.618. The van der Waals surface area contributed by atoms with Gasteiger partial charge in [0, 0.05) is 0 Å². The molecule has 0 aromatic heterocycles. The Bertz CT molecular complexity index is 699. The van der Waals surface area contributed by atoms with Crippen molar-refractivity contribution in [1.82, 2.24) is 0 Å². The molecule has 0 unspecified atom stereocenters. The van der Waals surface area contributed by atoms with Crippen molar-refractivity contribution < 1.29 is 14.6 Å². The maximum atomic E-state index is 10.7. The van der Waals surface area contributed by atoms with Crippen LogP contribution in [0.15, 0.2) is 60.2 Å². The van der Waals surface area contributed by atoms with E-state index in [2.05, 4.69) is 0 Å². The molecule has 21 heavy (non-hydrogen) atoms. The van der Waals surface area contributed by atoms with Gasteiger partial charge in [0.05, 0.1) is 11.5 Å². The van der Waals surface area contributed by atoms with E-state index in [1.54, 1.807) is 30.3 Å². The number of aliphatic carboxylic acids is 1. The number of nitrogens with zero attached hydrogens (tertiary/aromatic N) is 1. The maximum Gasteiger partial charge on any atom is 0.120 e. The zero-order valence-electron chi connectivity index (χ0n) is 11.2. The molecule has 0 N–H and O–H groups in total. The van der Waals surface area contributed by atoms with Gasteiger partial charge in [-0.2, -0.15) is 5.26 Å². The lowest BCUT2D eigenvalue weighted by atomic mass is 10.1. The molecule has 2 aromatic carbocycles. The number of carbonyl (C=O) groups excluding carboxylic acids is 1. The Balaban J connectivity index is 2.11. The number of hydrogen-bond donors (Lipinski definition) is 0. The van der Waals surface area contributed by atoms with Gasteiger partial charge >= 0.3 is 0 Å². The number of carbonyl (C=O) groups is 1. The van der Waals surface area contributed by atoms with Crippen LogP contribution < -0.4 is 9.84 Å². The molecule has 2 aromatic rings. The minimum absolute atomic E-state index is 0.416. The second-order valence-corrected chi connectivity index (χ2v) is 4.30. The lowest BCUT2D eigenvalue weighted by molar-refractivity contribution is -0.298. The Hall–Kier alpha value is -3.06. The van der Waals surface area contributed by atoms with Crippen molar-refractivity contribution in [3.8, 4) is 11.8 Å². The molecule has 4 heteroatoms. The van der Waals surface area contributed by atoms with Crippen LogP contribution in [0.25, 0.3) is 6.08 Å². The summed E-state index contributed by atoms with van der Waals surface area (Å²) in [6, 6.07) is 18.1. The maximum absolute atomic E-state index is 10.7. The highest BCUT2D eigenvalue weighted by Gasteiger charge is 2.00. The van der Waals surface area contributed by atoms with E-state index in [4.69, 9.17) is 10.00 Å². The van der Waals surface area contributed by atoms with Crippen molar-refractivity contribution >= 4 is 12.0 Å². The highest BCUT2D eigenvalue weighted by molar-refractivity contribution is 5.95. The van der Waals surface area contributed by atoms with Crippen LogP contribution in [0.1, 0.15) is 11.1 Å². The van der Waals surface area contributed by atoms with Gasteiger partial charge in [0.2, 0.25) is 0 Å². The van der Waals surface area contributed by atoms with Crippen molar-refractivity contribution in [3.63, 3.8) is 0 Å². The van der Waals surface area contributed by atoms with E-state index < -0.39 is 11.5 Å². The van der Waals surface area contributed by atoms with Gasteiger partial charge < -0.3 is 14.6 Å². The number of carboxylic acid groups (broad SMARTS) is 1. The van der Waals surface area contributed by atoms with Crippen LogP contribution in [0.4, 0.5) is 0 Å². The fourth-order valence-electron chi connectivity index (χ4n) is 1.74. The van der Waals surface area contributed by atoms with Crippen LogP contribution in [-0.2, 0) is 11.4 Å². The number of nitriles is 1. The molecule has 0 aliphatic carbocycles. The normalized spacial score (nSPS) is 10.7. The second kappa shape index (κ2) is 6.92. The molecule has 0 bridgehead atoms. The van der Waals surface area contributed by atoms with Gasteiger partial charge in [-0.25, -0.2) is 0 Å². The summed E-state index contributed by atoms with van der Waals surface area (Å²) in [5.41, 5.74) is 1.18. The molecule has 0 aliphatic rings. The van der Waals surface area contributed by atoms with Gasteiger partial charge in [-0.3, -0.25) is 0 Å². The first-order valence-electron chi connectivity index (χ1n) is 6.29. The Kier molecular flexibility index (Phi) is 4.73. The summed E-state index contributed by atoms with van der Waals surface area (Å²) in [4.78, 5) is 10.7. The topological polar surface area (TPSA) is 73.1 Å². The van der Waals surface area contributed by atoms with Crippen LogP contribution >= 0.6 is 0 Å². The fraction of sp³-hybridized carbons (Fsp3) is 0.0588. The Morgan fingerprint density at radius 1 is 1.19 bits per heavy atom. The summed E-state index contributed by atoms with van der Waals surface area (Å²) in [6.07, 6.45) is 1.25. The van der Waals surface area contributed by atoms with E-state index in [1.807, 2.05) is 30.3 Å². The number of benzene rings is 2. The minimum Gasteiger partial charge on any atom is -0.544 e. The summed E-state index contributed by atoms with van der Waals surface area (Å²) in [6.45, 7) is 0.416. The van der Waals surface area contributed by atoms with Crippen molar-refractivity contribution in [1.29, 1.82) is 5.26 Å². The van der Waals surface area contributed by atoms with E-state index in [9.17, 15) is 9.90 Å². The molecule has 104 valence electrons. The van der Waals surface area contributed by atoms with Crippen molar-refractivity contribution in [3.05, 3.63) is 71.3 Å². The minimum atomic E-state index is -1.49. The SMILES string of the molecule is N#C/C(=C\c1cccc(OCc2ccccc2)c1)C(=O)[O-]. The standard InChI is InChI=1S/C17H13NO3/c18-11-15(17(19)20)9-14-7-4-8-16(10-14)21-12-13-5-2-1-3-6-13/h1-10H,12H2,(H,19,20)/p-1/b15-9+. The third kappa shape index (κ3) is 4.22. The predicted molar refractivity (Wildman–Crippen MR) is 75.8 cm³/mol. The van der Waals surface area contributed by atoms with Gasteiger partial charge in [-0.1, -0.05) is 42.5 Å². The van der Waals surface area contributed by atoms with Gasteiger partial charge in [0.15, 0.2) is 0 Å². The smallest absolute Gasteiger partial charge is 0.120 e. The van der Waals surface area contributed by atoms with E-state index in [-0.39, 0.29) is 0 Å². The molecular weight excluding hydrogens is 266 g/mol. The van der Waals surface area contributed by atoms with Gasteiger partial charge in [0.1, 0.15) is 18.4 Å². The van der Waals surface area contributed by atoms with Crippen LogP contribution in [0.5, 0.6) is 5.75 Å². The first-order chi connectivity index (χ1) is 10.2. The molecule has 0 atom stereocenters. The zero-order valence-corrected chi connectivity index (χ0v) is 11.2. The molecule has 0 saturated heterocycles. The zero-order chi connectivity index (χ0) is 15.1. The predicted octanol–water partition coefficient (Wildman–Crippen LogP) is 1.92. The first-order valence-corrected chi connectivity index (χ1v) is 6.29. The summed E-state index contributed by atoms with van der Waals surface area (Å²) in [7, 11) is 0. The molecule has 0 fully saturated rings. The Morgan fingerprint density at radius 3 is 2.62 bits per heavy atom. The molecule has 0 aliphatic heterocycles. The van der Waals surface area contributed by atoms with Crippen LogP contribution in [0, 0.1) is 11.3 Å². The van der Waals surface area contributed by atoms with Crippen LogP contribution in [-0.4, -0.2) is 5.97 Å². The van der Waals surface area contributed by atoms with Crippen LogP contribution in [0.3, 0.4) is 0 Å². The third-order valence-corrected chi connectivity index (χ3v) is 2.76. The van der Waals surface area contributed by atoms with Crippen LogP contribution in [0.2, 0.25) is 0 Å². The lowest BCUT2D eigenvalue weighted by Gasteiger charge is -2.07. The van der Waals surface area contributed by atoms with Gasteiger partial charge in [-0.05, 0) is 29.3 Å². The Morgan fingerprint density at radius 2 is 1.95 bits per heavy atom. The monoisotopic (exact) mass is 278 g/mol. The van der Waals surface area contributed by atoms with E-state index in [0.717, 1.165) is 5.56 Å². The number of hydrogen-bond acceptors (Lipinski definition) is 4. The molecule has 2 rings (SSSR count). The summed E-state index contributed by atoms with van der Waals surface area (Å²) < 4.78 is 5.63. The van der Waals surface area contributed by atoms with E-state index in [1.165, 1.54) is 6.08 Å². The van der Waals surface area contributed by atoms with Crippen molar-refractivity contribution in [2.75, 3.05) is 0 Å². The van der Waals surface area contributed by atoms with E-state index >= 15 is 0 Å². The average molecular weight is 278 g/mol. The average Bonchev–Trinajstić information content (AvgIpc) is 2.52. The number of ether oxygens (including phenoxy) is 1. The van der Waals surface area contributed by atoms with Gasteiger partial charge in [-0.15, -0.1) is 0 Å².